The van der Waals surface area contributed by atoms with E-state index in [4.69, 9.17) is 0 Å². The Morgan fingerprint density at radius 1 is 1.06 bits per heavy atom. The molecule has 7 heteroatoms. The van der Waals surface area contributed by atoms with Gasteiger partial charge in [0.2, 0.25) is 5.91 Å². The van der Waals surface area contributed by atoms with Crippen LogP contribution >= 0.6 is 0 Å². The molecule has 0 saturated heterocycles. The van der Waals surface area contributed by atoms with Crippen LogP contribution in [0.15, 0.2) is 61.1 Å². The molecule has 1 aliphatic rings. The third kappa shape index (κ3) is 5.32. The van der Waals surface area contributed by atoms with Gasteiger partial charge in [-0.05, 0) is 56.3 Å². The highest BCUT2D eigenvalue weighted by molar-refractivity contribution is 6.05. The molecule has 0 unspecified atom stereocenters. The summed E-state index contributed by atoms with van der Waals surface area (Å²) in [6, 6.07) is 13.3. The van der Waals surface area contributed by atoms with Gasteiger partial charge in [0.05, 0.1) is 11.9 Å². The van der Waals surface area contributed by atoms with Crippen LogP contribution in [0.3, 0.4) is 0 Å². The number of pyridine rings is 2. The first kappa shape index (κ1) is 20.7. The van der Waals surface area contributed by atoms with Crippen molar-refractivity contribution >= 4 is 23.3 Å². The first-order chi connectivity index (χ1) is 15.0. The highest BCUT2D eigenvalue weighted by atomic mass is 16.2. The highest BCUT2D eigenvalue weighted by Gasteiger charge is 2.29. The van der Waals surface area contributed by atoms with Gasteiger partial charge < -0.3 is 15.5 Å². The molecular weight excluding hydrogens is 390 g/mol. The van der Waals surface area contributed by atoms with E-state index in [0.717, 1.165) is 30.5 Å². The van der Waals surface area contributed by atoms with Gasteiger partial charge in [-0.1, -0.05) is 24.3 Å². The monoisotopic (exact) mass is 415 g/mol. The molecule has 31 heavy (non-hydrogen) atoms. The fourth-order valence-corrected chi connectivity index (χ4v) is 3.35. The van der Waals surface area contributed by atoms with Gasteiger partial charge >= 0.3 is 0 Å². The van der Waals surface area contributed by atoms with Gasteiger partial charge in [-0.3, -0.25) is 14.6 Å². The van der Waals surface area contributed by atoms with Gasteiger partial charge in [-0.2, -0.15) is 0 Å². The van der Waals surface area contributed by atoms with Crippen molar-refractivity contribution in [3.05, 3.63) is 72.2 Å². The lowest BCUT2D eigenvalue weighted by Crippen LogP contribution is -2.16. The van der Waals surface area contributed by atoms with Crippen LogP contribution in [0.25, 0.3) is 11.1 Å². The van der Waals surface area contributed by atoms with Crippen molar-refractivity contribution in [1.29, 1.82) is 0 Å². The normalized spacial score (nSPS) is 13.1. The first-order valence-electron chi connectivity index (χ1n) is 10.3. The summed E-state index contributed by atoms with van der Waals surface area (Å²) < 4.78 is 0. The minimum absolute atomic E-state index is 0.0432. The van der Waals surface area contributed by atoms with Crippen molar-refractivity contribution in [2.75, 3.05) is 24.7 Å². The summed E-state index contributed by atoms with van der Waals surface area (Å²) in [6.45, 7) is 0.805. The molecule has 0 aliphatic heterocycles. The van der Waals surface area contributed by atoms with E-state index in [2.05, 4.69) is 37.6 Å². The van der Waals surface area contributed by atoms with Gasteiger partial charge in [0.1, 0.15) is 5.82 Å². The third-order valence-electron chi connectivity index (χ3n) is 5.03. The summed E-state index contributed by atoms with van der Waals surface area (Å²) >= 11 is 0. The number of nitrogens with one attached hydrogen (secondary N) is 2. The molecule has 0 spiro atoms. The van der Waals surface area contributed by atoms with E-state index in [9.17, 15) is 9.59 Å². The molecule has 7 nitrogen and oxygen atoms in total. The topological polar surface area (TPSA) is 87.2 Å². The molecule has 1 aliphatic carbocycles. The van der Waals surface area contributed by atoms with E-state index < -0.39 is 0 Å². The summed E-state index contributed by atoms with van der Waals surface area (Å²) in [5.74, 6) is 0.126. The Hall–Kier alpha value is -3.58. The number of aromatic nitrogens is 2. The predicted octanol–water partition coefficient (Wildman–Crippen LogP) is 3.81. The second-order valence-electron chi connectivity index (χ2n) is 8.00. The van der Waals surface area contributed by atoms with E-state index in [1.165, 1.54) is 11.8 Å². The van der Waals surface area contributed by atoms with Crippen LogP contribution in [-0.4, -0.2) is 40.8 Å². The standard InChI is InChI=1S/C24H25N5O2/c1-29(2)15-18-5-3-4-6-21(18)19-11-20(14-25-13-19)27-24(31)17-9-10-26-22(12-17)28-23(30)16-7-8-16/h3-6,9-14,16H,7-8,15H2,1-2H3,(H,27,31)(H,26,28,30). The number of rotatable bonds is 7. The zero-order chi connectivity index (χ0) is 21.8. The Morgan fingerprint density at radius 3 is 2.65 bits per heavy atom. The van der Waals surface area contributed by atoms with E-state index >= 15 is 0 Å². The molecule has 2 aromatic heterocycles. The summed E-state index contributed by atoms with van der Waals surface area (Å²) in [5, 5.41) is 5.66. The lowest BCUT2D eigenvalue weighted by atomic mass is 10.0. The lowest BCUT2D eigenvalue weighted by molar-refractivity contribution is -0.117. The maximum absolute atomic E-state index is 12.8. The van der Waals surface area contributed by atoms with Gasteiger partial charge in [-0.25, -0.2) is 4.98 Å². The molecule has 2 N–H and O–H groups in total. The van der Waals surface area contributed by atoms with Crippen LogP contribution in [0.2, 0.25) is 0 Å². The van der Waals surface area contributed by atoms with Crippen molar-refractivity contribution in [2.45, 2.75) is 19.4 Å². The third-order valence-corrected chi connectivity index (χ3v) is 5.03. The predicted molar refractivity (Wildman–Crippen MR) is 121 cm³/mol. The van der Waals surface area contributed by atoms with Crippen molar-refractivity contribution in [2.24, 2.45) is 5.92 Å². The molecular formula is C24H25N5O2. The van der Waals surface area contributed by atoms with Gasteiger partial charge in [0.25, 0.3) is 5.91 Å². The largest absolute Gasteiger partial charge is 0.321 e. The quantitative estimate of drug-likeness (QED) is 0.613. The minimum atomic E-state index is -0.287. The number of carbonyl (C=O) groups excluding carboxylic acids is 2. The van der Waals surface area contributed by atoms with Crippen molar-refractivity contribution in [3.63, 3.8) is 0 Å². The highest BCUT2D eigenvalue weighted by Crippen LogP contribution is 2.30. The second kappa shape index (κ2) is 9.06. The number of nitrogens with zero attached hydrogens (tertiary/aromatic N) is 3. The molecule has 1 fully saturated rings. The number of benzene rings is 1. The number of anilines is 2. The SMILES string of the molecule is CN(C)Cc1ccccc1-c1cncc(NC(=O)c2ccnc(NC(=O)C3CC3)c2)c1. The first-order valence-corrected chi connectivity index (χ1v) is 10.3. The molecule has 0 radical (unpaired) electrons. The van der Waals surface area contributed by atoms with E-state index in [-0.39, 0.29) is 17.7 Å². The lowest BCUT2D eigenvalue weighted by Gasteiger charge is -2.15. The summed E-state index contributed by atoms with van der Waals surface area (Å²) in [7, 11) is 4.06. The Labute approximate surface area is 181 Å². The number of amides is 2. The summed E-state index contributed by atoms with van der Waals surface area (Å²) in [5.41, 5.74) is 4.21. The Kier molecular flexibility index (Phi) is 6.04. The van der Waals surface area contributed by atoms with Crippen molar-refractivity contribution in [3.8, 4) is 11.1 Å². The summed E-state index contributed by atoms with van der Waals surface area (Å²) in [4.78, 5) is 35.3. The number of hydrogen-bond donors (Lipinski definition) is 2. The Balaban J connectivity index is 1.51. The maximum Gasteiger partial charge on any atom is 0.255 e. The fourth-order valence-electron chi connectivity index (χ4n) is 3.35. The zero-order valence-corrected chi connectivity index (χ0v) is 17.6. The Morgan fingerprint density at radius 2 is 1.87 bits per heavy atom. The van der Waals surface area contributed by atoms with Crippen molar-refractivity contribution in [1.82, 2.24) is 14.9 Å². The van der Waals surface area contributed by atoms with E-state index in [0.29, 0.717) is 17.1 Å². The van der Waals surface area contributed by atoms with Gasteiger partial charge in [-0.15, -0.1) is 0 Å². The van der Waals surface area contributed by atoms with Crippen LogP contribution < -0.4 is 10.6 Å². The Bertz CT molecular complexity index is 1110. The smallest absolute Gasteiger partial charge is 0.255 e. The molecule has 2 heterocycles. The average Bonchev–Trinajstić information content (AvgIpc) is 3.60. The van der Waals surface area contributed by atoms with Crippen LogP contribution in [0, 0.1) is 5.92 Å². The van der Waals surface area contributed by atoms with Gasteiger partial charge in [0.15, 0.2) is 0 Å². The minimum Gasteiger partial charge on any atom is -0.321 e. The molecule has 2 amide bonds. The molecule has 4 rings (SSSR count). The molecule has 1 saturated carbocycles. The van der Waals surface area contributed by atoms with Crippen LogP contribution in [0.1, 0.15) is 28.8 Å². The van der Waals surface area contributed by atoms with Gasteiger partial charge in [0, 0.05) is 36.0 Å². The molecule has 0 bridgehead atoms. The zero-order valence-electron chi connectivity index (χ0n) is 17.6. The second-order valence-corrected chi connectivity index (χ2v) is 8.00. The van der Waals surface area contributed by atoms with E-state index in [1.807, 2.05) is 32.3 Å². The molecule has 1 aromatic carbocycles. The number of hydrogen-bond acceptors (Lipinski definition) is 5. The van der Waals surface area contributed by atoms with E-state index in [1.54, 1.807) is 24.5 Å². The summed E-state index contributed by atoms with van der Waals surface area (Å²) in [6.07, 6.45) is 6.75. The maximum atomic E-state index is 12.8. The van der Waals surface area contributed by atoms with Crippen LogP contribution in [-0.2, 0) is 11.3 Å². The van der Waals surface area contributed by atoms with Crippen molar-refractivity contribution < 1.29 is 9.59 Å². The number of carbonyl (C=O) groups is 2. The molecule has 158 valence electrons. The average molecular weight is 415 g/mol. The van der Waals surface area contributed by atoms with Crippen LogP contribution in [0.5, 0.6) is 0 Å². The fraction of sp³-hybridized carbons (Fsp3) is 0.250. The van der Waals surface area contributed by atoms with Crippen LogP contribution in [0.4, 0.5) is 11.5 Å². The molecule has 3 aromatic rings. The molecule has 0 atom stereocenters.